The molecule has 0 saturated heterocycles. The Balaban J connectivity index is 2.82. The molecule has 0 aliphatic carbocycles. The molecule has 2 aromatic heterocycles. The van der Waals surface area contributed by atoms with Gasteiger partial charge in [0.25, 0.3) is 5.91 Å². The van der Waals surface area contributed by atoms with E-state index in [4.69, 9.17) is 10.2 Å². The minimum Gasteiger partial charge on any atom is -0.458 e. The summed E-state index contributed by atoms with van der Waals surface area (Å²) < 4.78 is 5.07. The van der Waals surface area contributed by atoms with Gasteiger partial charge in [-0.3, -0.25) is 4.79 Å². The molecule has 0 saturated carbocycles. The summed E-state index contributed by atoms with van der Waals surface area (Å²) in [5, 5.41) is 0.737. The molecule has 60 valence electrons. The average molecular weight is 163 g/mol. The summed E-state index contributed by atoms with van der Waals surface area (Å²) in [5.41, 5.74) is 6.21. The maximum atomic E-state index is 10.9. The Bertz CT molecular complexity index is 433. The lowest BCUT2D eigenvalue weighted by Crippen LogP contribution is -2.15. The van der Waals surface area contributed by atoms with Crippen LogP contribution in [-0.4, -0.2) is 5.91 Å². The Hall–Kier alpha value is -1.84. The van der Waals surface area contributed by atoms with E-state index in [0.29, 0.717) is 11.1 Å². The number of rotatable bonds is 1. The number of fused-ring (bicyclic) bond motifs is 1. The number of carbonyl (C=O) groups is 1. The number of furan rings is 1. The normalized spacial score (nSPS) is 10.3. The molecule has 2 heterocycles. The summed E-state index contributed by atoms with van der Waals surface area (Å²) in [7, 11) is 0. The maximum Gasteiger partial charge on any atom is 0.255 e. The number of hydrogen-bond donors (Lipinski definition) is 1. The lowest BCUT2D eigenvalue weighted by Gasteiger charge is -1.90. The number of carbonyl (C=O) groups excluding carboxylic acids is 1. The molecule has 4 nitrogen and oxygen atoms in total. The first kappa shape index (κ1) is 6.84. The third-order valence-electron chi connectivity index (χ3n) is 1.69. The van der Waals surface area contributed by atoms with Crippen LogP contribution in [0.25, 0.3) is 11.0 Å². The fraction of sp³-hybridized carbons (Fsp3) is 0. The number of hydrogen-bond acceptors (Lipinski definition) is 2. The van der Waals surface area contributed by atoms with Gasteiger partial charge < -0.3 is 10.2 Å². The fourth-order valence-corrected chi connectivity index (χ4v) is 1.14. The van der Waals surface area contributed by atoms with E-state index in [-0.39, 0.29) is 0 Å². The highest BCUT2D eigenvalue weighted by molar-refractivity contribution is 6.04. The number of amides is 1. The predicted molar refractivity (Wildman–Crippen MR) is 41.3 cm³/mol. The second-order valence-electron chi connectivity index (χ2n) is 2.43. The fourth-order valence-electron chi connectivity index (χ4n) is 1.14. The zero-order valence-corrected chi connectivity index (χ0v) is 6.20. The van der Waals surface area contributed by atoms with E-state index < -0.39 is 5.91 Å². The molecular formula is C8H7N2O2+. The Morgan fingerprint density at radius 2 is 2.33 bits per heavy atom. The van der Waals surface area contributed by atoms with Crippen molar-refractivity contribution in [1.82, 2.24) is 0 Å². The van der Waals surface area contributed by atoms with E-state index in [1.165, 1.54) is 6.26 Å². The van der Waals surface area contributed by atoms with Crippen molar-refractivity contribution in [1.29, 1.82) is 0 Å². The van der Waals surface area contributed by atoms with E-state index in [1.807, 2.05) is 0 Å². The molecule has 3 N–H and O–H groups in total. The smallest absolute Gasteiger partial charge is 0.255 e. The van der Waals surface area contributed by atoms with Crippen LogP contribution >= 0.6 is 0 Å². The summed E-state index contributed by atoms with van der Waals surface area (Å²) in [6.45, 7) is 0. The monoisotopic (exact) mass is 163 g/mol. The van der Waals surface area contributed by atoms with Crippen LogP contribution in [-0.2, 0) is 0 Å². The maximum absolute atomic E-state index is 10.9. The largest absolute Gasteiger partial charge is 0.458 e. The van der Waals surface area contributed by atoms with Gasteiger partial charge in [-0.25, -0.2) is 4.98 Å². The molecule has 0 aromatic carbocycles. The van der Waals surface area contributed by atoms with Gasteiger partial charge in [0.2, 0.25) is 6.20 Å². The molecule has 4 heteroatoms. The molecule has 0 bridgehead atoms. The molecule has 0 radical (unpaired) electrons. The van der Waals surface area contributed by atoms with Gasteiger partial charge >= 0.3 is 0 Å². The van der Waals surface area contributed by atoms with Crippen molar-refractivity contribution in [3.05, 3.63) is 30.3 Å². The molecule has 0 unspecified atom stereocenters. The molecule has 0 spiro atoms. The quantitative estimate of drug-likeness (QED) is 0.658. The van der Waals surface area contributed by atoms with E-state index in [9.17, 15) is 4.79 Å². The van der Waals surface area contributed by atoms with Crippen LogP contribution in [0.15, 0.2) is 29.1 Å². The summed E-state index contributed by atoms with van der Waals surface area (Å²) in [6, 6.07) is 1.71. The zero-order valence-electron chi connectivity index (χ0n) is 6.20. The van der Waals surface area contributed by atoms with E-state index in [1.54, 1.807) is 18.5 Å². The van der Waals surface area contributed by atoms with Crippen LogP contribution in [0, 0.1) is 0 Å². The molecule has 2 aromatic rings. The Labute approximate surface area is 68.0 Å². The zero-order chi connectivity index (χ0) is 8.55. The molecule has 12 heavy (non-hydrogen) atoms. The summed E-state index contributed by atoms with van der Waals surface area (Å²) in [4.78, 5) is 13.7. The lowest BCUT2D eigenvalue weighted by atomic mass is 10.2. The number of primary amides is 1. The number of aromatic amines is 1. The van der Waals surface area contributed by atoms with Crippen LogP contribution in [0.4, 0.5) is 0 Å². The van der Waals surface area contributed by atoms with Crippen LogP contribution < -0.4 is 10.7 Å². The minimum atomic E-state index is -0.460. The molecule has 1 amide bonds. The van der Waals surface area contributed by atoms with Crippen LogP contribution in [0.2, 0.25) is 0 Å². The van der Waals surface area contributed by atoms with Crippen LogP contribution in [0.3, 0.4) is 0 Å². The van der Waals surface area contributed by atoms with Crippen molar-refractivity contribution in [2.75, 3.05) is 0 Å². The van der Waals surface area contributed by atoms with Gasteiger partial charge in [-0.1, -0.05) is 0 Å². The second-order valence-corrected chi connectivity index (χ2v) is 2.43. The van der Waals surface area contributed by atoms with E-state index in [2.05, 4.69) is 4.98 Å². The van der Waals surface area contributed by atoms with Crippen molar-refractivity contribution in [2.24, 2.45) is 5.73 Å². The molecule has 0 fully saturated rings. The first-order chi connectivity index (χ1) is 5.79. The Kier molecular flexibility index (Phi) is 1.33. The second kappa shape index (κ2) is 2.34. The van der Waals surface area contributed by atoms with Crippen LogP contribution in [0.1, 0.15) is 10.4 Å². The van der Waals surface area contributed by atoms with Crippen molar-refractivity contribution >= 4 is 16.9 Å². The van der Waals surface area contributed by atoms with Crippen molar-refractivity contribution < 1.29 is 14.2 Å². The van der Waals surface area contributed by atoms with Crippen molar-refractivity contribution in [2.45, 2.75) is 0 Å². The van der Waals surface area contributed by atoms with E-state index in [0.717, 1.165) is 5.39 Å². The average Bonchev–Trinajstić information content (AvgIpc) is 2.49. The topological polar surface area (TPSA) is 70.4 Å². The molecular weight excluding hydrogens is 156 g/mol. The van der Waals surface area contributed by atoms with Gasteiger partial charge in [0.1, 0.15) is 5.56 Å². The van der Waals surface area contributed by atoms with Gasteiger partial charge in [0.05, 0.1) is 6.26 Å². The van der Waals surface area contributed by atoms with E-state index >= 15 is 0 Å². The summed E-state index contributed by atoms with van der Waals surface area (Å²) >= 11 is 0. The first-order valence-electron chi connectivity index (χ1n) is 3.46. The SMILES string of the molecule is NC(=O)c1c[nH+]cc2occc12. The number of aromatic nitrogens is 1. The van der Waals surface area contributed by atoms with Crippen LogP contribution in [0.5, 0.6) is 0 Å². The van der Waals surface area contributed by atoms with Crippen molar-refractivity contribution in [3.63, 3.8) is 0 Å². The van der Waals surface area contributed by atoms with Crippen molar-refractivity contribution in [3.8, 4) is 0 Å². The highest BCUT2D eigenvalue weighted by atomic mass is 16.3. The van der Waals surface area contributed by atoms with Gasteiger partial charge in [0.15, 0.2) is 11.8 Å². The Morgan fingerprint density at radius 1 is 1.50 bits per heavy atom. The summed E-state index contributed by atoms with van der Waals surface area (Å²) in [5.74, 6) is -0.460. The highest BCUT2D eigenvalue weighted by Gasteiger charge is 2.11. The number of H-pyrrole nitrogens is 1. The van der Waals surface area contributed by atoms with Gasteiger partial charge in [-0.05, 0) is 6.07 Å². The van der Waals surface area contributed by atoms with Gasteiger partial charge in [-0.2, -0.15) is 0 Å². The molecule has 2 rings (SSSR count). The number of pyridine rings is 1. The lowest BCUT2D eigenvalue weighted by molar-refractivity contribution is -0.376. The third-order valence-corrected chi connectivity index (χ3v) is 1.69. The first-order valence-corrected chi connectivity index (χ1v) is 3.46. The minimum absolute atomic E-state index is 0.446. The molecule has 0 atom stereocenters. The molecule has 0 aliphatic heterocycles. The third kappa shape index (κ3) is 0.852. The standard InChI is InChI=1S/C8H6N2O2/c9-8(11)6-3-10-4-7-5(6)1-2-12-7/h1-4H,(H2,9,11)/p+1. The molecule has 0 aliphatic rings. The number of nitrogens with two attached hydrogens (primary N) is 1. The predicted octanol–water partition coefficient (Wildman–Crippen LogP) is 0.346. The van der Waals surface area contributed by atoms with Gasteiger partial charge in [0, 0.05) is 5.39 Å². The highest BCUT2D eigenvalue weighted by Crippen LogP contribution is 2.15. The Morgan fingerprint density at radius 3 is 3.08 bits per heavy atom. The number of nitrogens with one attached hydrogen (secondary N) is 1. The summed E-state index contributed by atoms with van der Waals surface area (Å²) in [6.07, 6.45) is 4.74. The van der Waals surface area contributed by atoms with Gasteiger partial charge in [-0.15, -0.1) is 0 Å².